The number of aliphatic carboxylic acids is 1. The number of ether oxygens (including phenoxy) is 11. The number of likely N-dealkylation sites (tertiary alicyclic amines) is 2. The molecule has 2 aliphatic heterocycles. The Kier molecular flexibility index (Phi) is 30.2. The number of hydrogen-bond donors (Lipinski definition) is 6. The number of esters is 1. The molecule has 132 heavy (non-hydrogen) atoms. The fourth-order valence-corrected chi connectivity index (χ4v) is 21.1. The van der Waals surface area contributed by atoms with Gasteiger partial charge in [0.1, 0.15) is 121 Å². The van der Waals surface area contributed by atoms with Gasteiger partial charge in [-0.05, 0) is 134 Å². The Labute approximate surface area is 800 Å². The van der Waals surface area contributed by atoms with Gasteiger partial charge in [0.15, 0.2) is 5.43 Å². The van der Waals surface area contributed by atoms with Crippen LogP contribution in [0, 0.1) is 46.3 Å². The number of nitrogens with one attached hydrogen (secondary N) is 5. The number of thiazole rings is 3. The van der Waals surface area contributed by atoms with E-state index in [4.69, 9.17) is 96.9 Å². The van der Waals surface area contributed by atoms with Crippen molar-refractivity contribution in [2.75, 3.05) is 62.9 Å². The molecule has 3 aromatic carbocycles. The van der Waals surface area contributed by atoms with Crippen molar-refractivity contribution in [1.29, 1.82) is 0 Å². The van der Waals surface area contributed by atoms with Gasteiger partial charge in [-0.3, -0.25) is 24.0 Å². The Hall–Kier alpha value is -10.2. The molecule has 34 nitrogen and oxygen atoms in total. The number of carbonyl (C=O) groups is 8. The van der Waals surface area contributed by atoms with E-state index in [0.717, 1.165) is 25.7 Å². The van der Waals surface area contributed by atoms with Crippen molar-refractivity contribution in [2.24, 2.45) is 46.3 Å². The standard InChI is InChI=1S/C39H48ClN5O9S.C38H46ClN5O9S.C14H11ClN2O3S.Li.H2O/c1-8-21-16-39(21,35(48)51-6)44-33(46)27-14-23(17-45(27)34(47)32(38(2,3)4)43-36(49)54-22-12-19-11-20(19)13-22)53-29-15-25(26-18-55-37(42-26)52-7)41-31-24(29)9-10-28(50-5)30(31)40;1-7-20-15-38(20,34(47)48)43-32(45)26-13-22(16-44(26)33(46)31(37(2,3)4)42-35(49)53-21-11-18-10-19(18)12-21)52-28-14-24(25-17-54-36(41-25)51-6)40-30-23(28)8-9-27(50-5)29(30)39;1-19-11-4-3-7-10(18)5-8(16-13(7)12(11)15)9-6-21-14(17-9)20-2;;/h9-10,15,18-23,27,32H,8,11-14,16-17H2,1-7H3,(H,43,49)(H,44,46);8-9,14,17-22,26,31H,7,10-13,15-16H2,1-6H3,(H,42,49)(H,43,45)(H,47,48);3-6H,1-2H3,(H,16,18);;1H2/q;;;+1;/p-1/t19-,20+,21-,22?,23-,27+,32-,39-;18-,19+,20-,21?,22-,26+,31-,38-;;;/m11.../s1. The van der Waals surface area contributed by atoms with E-state index in [1.54, 1.807) is 66.4 Å². The van der Waals surface area contributed by atoms with Crippen LogP contribution >= 0.6 is 68.8 Å². The van der Waals surface area contributed by atoms with E-state index in [1.165, 1.54) is 105 Å². The van der Waals surface area contributed by atoms with Gasteiger partial charge in [0.25, 0.3) is 15.6 Å². The Morgan fingerprint density at radius 1 is 0.500 bits per heavy atom. The number of pyridine rings is 3. The summed E-state index contributed by atoms with van der Waals surface area (Å²) in [4.78, 5) is 151. The second-order valence-electron chi connectivity index (χ2n) is 36.3. The number of benzene rings is 3. The first-order valence-electron chi connectivity index (χ1n) is 43.1. The maximum Gasteiger partial charge on any atom is 1.00 e. The second kappa shape index (κ2) is 40.1. The molecule has 7 N–H and O–H groups in total. The number of aromatic nitrogens is 6. The zero-order valence-electron chi connectivity index (χ0n) is 76.0. The summed E-state index contributed by atoms with van der Waals surface area (Å²) < 4.78 is 61.8. The van der Waals surface area contributed by atoms with E-state index < -0.39 is 106 Å². The van der Waals surface area contributed by atoms with Crippen molar-refractivity contribution in [3.05, 3.63) is 96.0 Å². The number of alkyl carbamates (subject to hydrolysis) is 2. The minimum Gasteiger partial charge on any atom is -0.870 e. The Morgan fingerprint density at radius 3 is 1.26 bits per heavy atom. The summed E-state index contributed by atoms with van der Waals surface area (Å²) in [7, 11) is 10.4. The van der Waals surface area contributed by atoms with E-state index >= 15 is 0 Å². The van der Waals surface area contributed by atoms with Crippen LogP contribution in [0.3, 0.4) is 0 Å². The maximum absolute atomic E-state index is 14.7. The second-order valence-corrected chi connectivity index (χ2v) is 39.9. The van der Waals surface area contributed by atoms with Crippen molar-refractivity contribution in [3.63, 3.8) is 0 Å². The zero-order valence-corrected chi connectivity index (χ0v) is 80.7. The van der Waals surface area contributed by atoms with Crippen LogP contribution in [0.15, 0.2) is 75.5 Å². The first kappa shape index (κ1) is 99.2. The van der Waals surface area contributed by atoms with Crippen LogP contribution in [0.2, 0.25) is 15.1 Å². The van der Waals surface area contributed by atoms with Crippen molar-refractivity contribution in [2.45, 2.75) is 192 Å². The molecule has 702 valence electrons. The van der Waals surface area contributed by atoms with E-state index in [1.807, 2.05) is 60.8 Å². The number of carbonyl (C=O) groups excluding carboxylic acids is 7. The molecule has 8 fully saturated rings. The van der Waals surface area contributed by atoms with Gasteiger partial charge in [-0.2, -0.15) is 0 Å². The number of aromatic amines is 1. The normalized spacial score (nSPS) is 24.3. The summed E-state index contributed by atoms with van der Waals surface area (Å²) in [6.07, 6.45) is 4.61. The van der Waals surface area contributed by atoms with Crippen LogP contribution in [0.1, 0.15) is 132 Å². The number of hydrogen-bond acceptors (Lipinski definition) is 29. The third-order valence-corrected chi connectivity index (χ3v) is 29.3. The summed E-state index contributed by atoms with van der Waals surface area (Å²) in [5.41, 5.74) is 0.287. The number of rotatable bonds is 27. The van der Waals surface area contributed by atoms with Gasteiger partial charge in [0.2, 0.25) is 23.6 Å². The molecule has 8 aliphatic rings. The van der Waals surface area contributed by atoms with Gasteiger partial charge in [-0.15, -0.1) is 0 Å². The predicted octanol–water partition coefficient (Wildman–Crippen LogP) is 11.6. The van der Waals surface area contributed by atoms with Crippen LogP contribution < -0.4 is 83.5 Å². The SMILES string of the molecule is CC[C@@H]1C[C@]1(NC(=O)[C@@H]1C[C@@H](Oc2cc(-c3csc(OC)n3)nc3c(Cl)c(OC)ccc23)CN1C(=O)[C@@H](NC(=O)OC1C[C@@H]2C[C@@H]2C1)C(C)(C)C)C(=O)O.CC[C@@H]1C[C@]1(NC(=O)[C@@H]1C[C@@H](Oc2cc(-c3csc(OC)n3)nc3c(Cl)c(OC)ccc23)CN1C(=O)[C@@H](NC(=O)OC1C[C@@H]2C[C@@H]2C1)C(C)(C)C)C(=O)OC.COc1nc(-c2cc(=O)c3ccc(OC)c(Cl)c3[nH]2)cs1.[Li+].[OH-]. The molecule has 0 radical (unpaired) electrons. The largest absolute Gasteiger partial charge is 1.00 e. The Bertz CT molecular complexity index is 5930. The number of carboxylic acids is 1. The molecule has 6 aliphatic carbocycles. The molecule has 6 amide bonds. The topological polar surface area (TPSA) is 440 Å². The van der Waals surface area contributed by atoms with Gasteiger partial charge < -0.3 is 98.7 Å². The number of nitrogens with zero attached hydrogens (tertiary/aromatic N) is 7. The number of fused-ring (bicyclic) bond motifs is 5. The predicted molar refractivity (Wildman–Crippen MR) is 490 cm³/mol. The molecule has 16 atom stereocenters. The summed E-state index contributed by atoms with van der Waals surface area (Å²) >= 11 is 23.8. The van der Waals surface area contributed by atoms with Crippen LogP contribution in [0.4, 0.5) is 9.59 Å². The molecule has 9 aromatic rings. The summed E-state index contributed by atoms with van der Waals surface area (Å²) in [6.45, 7) is 14.8. The molecule has 41 heteroatoms. The number of methoxy groups -OCH3 is 7. The number of carboxylic acid groups (broad SMARTS) is 1. The Balaban J connectivity index is 0.000000182. The quantitative estimate of drug-likeness (QED) is 0.0158. The molecular weight excluding hydrogens is 1820 g/mol. The molecule has 8 heterocycles. The fourth-order valence-electron chi connectivity index (χ4n) is 18.4. The summed E-state index contributed by atoms with van der Waals surface area (Å²) in [5, 5.41) is 30.9. The molecule has 2 saturated heterocycles. The molecule has 17 rings (SSSR count). The number of H-pyrrole nitrogens is 1. The summed E-state index contributed by atoms with van der Waals surface area (Å²) in [6, 6.07) is 11.0. The van der Waals surface area contributed by atoms with Crippen LogP contribution in [0.5, 0.6) is 44.3 Å². The van der Waals surface area contributed by atoms with E-state index in [9.17, 15) is 48.3 Å². The average Bonchev–Trinajstić information content (AvgIpc) is 1.59. The van der Waals surface area contributed by atoms with Crippen molar-refractivity contribution in [3.8, 4) is 78.5 Å². The van der Waals surface area contributed by atoms with Crippen molar-refractivity contribution in [1.82, 2.24) is 61.0 Å². The van der Waals surface area contributed by atoms with Crippen LogP contribution in [-0.4, -0.2) is 221 Å². The van der Waals surface area contributed by atoms with Gasteiger partial charge in [0, 0.05) is 63.3 Å². The third kappa shape index (κ3) is 20.7. The van der Waals surface area contributed by atoms with Gasteiger partial charge >= 0.3 is 43.0 Å². The van der Waals surface area contributed by atoms with Crippen molar-refractivity contribution >= 4 is 149 Å². The molecule has 6 saturated carbocycles. The molecule has 2 unspecified atom stereocenters. The van der Waals surface area contributed by atoms with Gasteiger partial charge in [-0.25, -0.2) is 44.1 Å². The third-order valence-electron chi connectivity index (χ3n) is 25.8. The van der Waals surface area contributed by atoms with Crippen LogP contribution in [0.25, 0.3) is 66.9 Å². The van der Waals surface area contributed by atoms with E-state index in [2.05, 4.69) is 41.2 Å². The first-order valence-corrected chi connectivity index (χ1v) is 46.8. The smallest absolute Gasteiger partial charge is 0.870 e. The van der Waals surface area contributed by atoms with Crippen LogP contribution in [-0.2, 0) is 43.0 Å². The van der Waals surface area contributed by atoms with Gasteiger partial charge in [-0.1, -0.05) is 137 Å². The Morgan fingerprint density at radius 2 is 0.886 bits per heavy atom. The van der Waals surface area contributed by atoms with Gasteiger partial charge in [0.05, 0.1) is 96.5 Å². The van der Waals surface area contributed by atoms with Crippen molar-refractivity contribution < 1.29 is 120 Å². The number of amides is 6. The maximum atomic E-state index is 14.7. The minimum absolute atomic E-state index is 0. The summed E-state index contributed by atoms with van der Waals surface area (Å²) in [5.74, 6) is 0.486. The molecule has 0 bridgehead atoms. The first-order chi connectivity index (χ1) is 62.0. The zero-order chi connectivity index (χ0) is 93.1. The monoisotopic (exact) mass is 1930 g/mol. The van der Waals surface area contributed by atoms with E-state index in [0.29, 0.717) is 166 Å². The number of halogens is 3. The van der Waals surface area contributed by atoms with E-state index in [-0.39, 0.29) is 89.8 Å². The fraction of sp³-hybridized carbons (Fsp3) is 0.516. The molecule has 0 spiro atoms. The molecular formula is C91H106Cl3LiN12O22S3. The molecule has 6 aromatic heterocycles. The average molecular weight is 1930 g/mol. The minimum atomic E-state index is -1.41.